The quantitative estimate of drug-likeness (QED) is 0.100. The largest absolute Gasteiger partial charge is 0.522 e. The van der Waals surface area contributed by atoms with E-state index in [0.29, 0.717) is 0 Å². The lowest BCUT2D eigenvalue weighted by molar-refractivity contribution is -0.0504. The van der Waals surface area contributed by atoms with Crippen LogP contribution < -0.4 is 0 Å². The molecule has 0 saturated heterocycles. The number of hydrogen-bond acceptors (Lipinski definition) is 3. The van der Waals surface area contributed by atoms with Crippen molar-refractivity contribution in [2.24, 2.45) is 0 Å². The van der Waals surface area contributed by atoms with E-state index in [2.05, 4.69) is 0 Å². The Balaban J connectivity index is 1.12. The van der Waals surface area contributed by atoms with Crippen LogP contribution in [-0.4, -0.2) is 22.2 Å². The number of rotatable bonds is 4. The van der Waals surface area contributed by atoms with Crippen molar-refractivity contribution in [2.75, 3.05) is 0 Å². The summed E-state index contributed by atoms with van der Waals surface area (Å²) < 4.78 is 77.5. The molecule has 28 aromatic carbocycles. The molecule has 0 amide bonds. The van der Waals surface area contributed by atoms with Gasteiger partial charge in [-0.2, -0.15) is 21.6 Å². The molecule has 0 fully saturated rings. The molecule has 0 spiro atoms. The average Bonchev–Trinajstić information content (AvgIpc) is 4.21. The van der Waals surface area contributed by atoms with Crippen LogP contribution in [0.3, 0.4) is 0 Å². The zero-order valence-corrected chi connectivity index (χ0v) is 38.4. The van der Waals surface area contributed by atoms with Gasteiger partial charge in [-0.25, -0.2) is 0 Å². The van der Waals surface area contributed by atoms with Crippen molar-refractivity contribution in [3.63, 3.8) is 0 Å². The van der Waals surface area contributed by atoms with Crippen LogP contribution in [0.4, 0.5) is 13.2 Å². The number of benzene rings is 18. The van der Waals surface area contributed by atoms with E-state index < -0.39 is 29.4 Å². The number of halogens is 3. The smallest absolute Gasteiger partial charge is 0.308 e. The summed E-state index contributed by atoms with van der Waals surface area (Å²) in [5.41, 5.74) is -0.986. The Kier molecular flexibility index (Phi) is 2.60. The van der Waals surface area contributed by atoms with Crippen molar-refractivity contribution in [2.45, 2.75) is 36.0 Å². The van der Waals surface area contributed by atoms with Crippen molar-refractivity contribution in [3.8, 4) is 0 Å². The highest BCUT2D eigenvalue weighted by atomic mass is 32.2. The first-order valence-corrected chi connectivity index (χ1v) is 30.3. The predicted octanol–water partition coefficient (Wildman–Crippen LogP) is 18.2. The lowest BCUT2D eigenvalue weighted by atomic mass is 9.58. The normalized spacial score (nSPS) is 21.3. The third kappa shape index (κ3) is 1.63. The molecule has 0 radical (unpaired) electrons. The summed E-state index contributed by atoms with van der Waals surface area (Å²) in [7, 11) is -9.74. The summed E-state index contributed by atoms with van der Waals surface area (Å²) in [4.78, 5) is 0. The Bertz CT molecular complexity index is 7210. The molecule has 3 nitrogen and oxygen atoms in total. The Hall–Kier alpha value is -7.62. The van der Waals surface area contributed by atoms with E-state index in [1.165, 1.54) is 308 Å². The average molecular weight is 943 g/mol. The van der Waals surface area contributed by atoms with Crippen LogP contribution in [0, 0.1) is 0 Å². The van der Waals surface area contributed by atoms with Crippen molar-refractivity contribution in [1.29, 1.82) is 0 Å². The molecule has 0 aliphatic heterocycles. The topological polar surface area (TPSA) is 43.4 Å². The third-order valence-electron chi connectivity index (χ3n) is 24.6. The van der Waals surface area contributed by atoms with Gasteiger partial charge in [-0.15, -0.1) is 0 Å². The lowest BCUT2D eigenvalue weighted by Crippen LogP contribution is -2.48. The minimum atomic E-state index is -5.90. The molecule has 72 heavy (non-hydrogen) atoms. The summed E-state index contributed by atoms with van der Waals surface area (Å²) >= 11 is 0. The number of alkyl halides is 3. The molecule has 0 bridgehead atoms. The molecule has 4 aliphatic rings. The van der Waals surface area contributed by atoms with Crippen LogP contribution in [-0.2, 0) is 19.4 Å². The van der Waals surface area contributed by atoms with Gasteiger partial charge in [-0.05, 0) is 332 Å². The van der Waals surface area contributed by atoms with Gasteiger partial charge in [0.05, 0.1) is 0 Å². The second kappa shape index (κ2) is 6.46. The fourth-order valence-electron chi connectivity index (χ4n) is 24.7. The zero-order valence-electron chi connectivity index (χ0n) is 36.6. The van der Waals surface area contributed by atoms with Crippen LogP contribution in [0.25, 0.3) is 291 Å². The van der Waals surface area contributed by atoms with Gasteiger partial charge >= 0.3 is 15.6 Å². The zero-order chi connectivity index (χ0) is 44.5. The molecule has 4 aliphatic carbocycles. The Labute approximate surface area is 390 Å². The van der Waals surface area contributed by atoms with Gasteiger partial charge in [0.1, 0.15) is 0 Å². The van der Waals surface area contributed by atoms with Crippen LogP contribution in [0.5, 0.6) is 0 Å². The summed E-state index contributed by atoms with van der Waals surface area (Å²) in [6, 6.07) is 0.232. The van der Waals surface area contributed by atoms with E-state index >= 15 is 0 Å². The van der Waals surface area contributed by atoms with E-state index in [-0.39, 0.29) is 12.0 Å². The van der Waals surface area contributed by atoms with Gasteiger partial charge < -0.3 is 3.87 Å². The van der Waals surface area contributed by atoms with E-state index in [1.54, 1.807) is 18.5 Å². The van der Waals surface area contributed by atoms with E-state index in [9.17, 15) is 21.6 Å². The fraction of sp³-hybridized carbons (Fsp3) is 0.0938. The molecule has 0 N–H and O–H groups in total. The molecule has 0 unspecified atom stereocenters. The maximum atomic E-state index is 14.8. The maximum absolute atomic E-state index is 14.8. The predicted molar refractivity (Wildman–Crippen MR) is 293 cm³/mol. The molecule has 0 aromatic heterocycles. The SMILES string of the molecule is C[Si](C)(CC12c3c4c5c6c7c8c(c9c%10c1c1c3c3c%11c4c4c5c5c7c7c%12c8c8c9c9c%10c%10c1c1c3c3c%11c%11c4c4c5c7c5c7c%12c8c8c9c9c%10c1c1c3c3c%11c4c5c4c7c8c9c1c34)C62)OS(=O)(=O)C(F)(F)F. The standard InChI is InChI=1S/C64H9F3O3SSi/c1-72(2,70-71(68,69)64(65,66)67)3-63-60-56-50-36-28-20-8-5-4-6-9(8)21-23-19-13(6)15-11-7(4)10-14-12(5)18-22(20)34(36)42-40-26(18)24(14)32-30-16(10)17(11)31-33-25(15)27(19)41-43-35(23)37(29(21)28)51(50)57(60)53(43)55-47(41)45(33)49-39(31)38(30)48-44(32)46(40)54(52(42)56)61(63)58(48)59(49)62(55)63/h60H,3H2,1-2H3. The maximum Gasteiger partial charge on any atom is 0.522 e. The van der Waals surface area contributed by atoms with Gasteiger partial charge in [0.2, 0.25) is 8.32 Å². The first-order chi connectivity index (χ1) is 35.0. The second-order valence-corrected chi connectivity index (χ2v) is 32.1. The molecule has 8 heteroatoms. The highest BCUT2D eigenvalue weighted by Gasteiger charge is 2.65. The van der Waals surface area contributed by atoms with Gasteiger partial charge in [-0.3, -0.25) is 0 Å². The molecule has 0 saturated carbocycles. The van der Waals surface area contributed by atoms with Gasteiger partial charge in [-0.1, -0.05) is 0 Å². The van der Waals surface area contributed by atoms with Crippen LogP contribution in [0.15, 0.2) is 0 Å². The highest BCUT2D eigenvalue weighted by molar-refractivity contribution is 7.88. The summed E-state index contributed by atoms with van der Waals surface area (Å²) in [6.07, 6.45) is 0. The molecule has 0 heterocycles. The first-order valence-electron chi connectivity index (χ1n) is 25.8. The first kappa shape index (κ1) is 29.0. The number of hydrogen-bond donors (Lipinski definition) is 0. The second-order valence-electron chi connectivity index (χ2n) is 26.2. The minimum absolute atomic E-state index is 0.202. The Morgan fingerprint density at radius 3 is 0.708 bits per heavy atom. The fourth-order valence-corrected chi connectivity index (χ4v) is 29.6. The van der Waals surface area contributed by atoms with Crippen LogP contribution >= 0.6 is 0 Å². The Morgan fingerprint density at radius 1 is 0.333 bits per heavy atom. The Morgan fingerprint density at radius 2 is 0.500 bits per heavy atom. The third-order valence-corrected chi connectivity index (χ3v) is 29.3. The summed E-state index contributed by atoms with van der Waals surface area (Å²) in [5, 5.41) is 78.7. The molecule has 314 valence electrons. The summed E-state index contributed by atoms with van der Waals surface area (Å²) in [5.74, 6) is -0.202. The molecular formula is C64H9F3O3SSi. The molecular weight excluding hydrogens is 934 g/mol. The van der Waals surface area contributed by atoms with E-state index in [0.717, 1.165) is 0 Å². The van der Waals surface area contributed by atoms with Crippen LogP contribution in [0.2, 0.25) is 19.1 Å². The van der Waals surface area contributed by atoms with Crippen molar-refractivity contribution >= 4 is 309 Å². The van der Waals surface area contributed by atoms with Gasteiger partial charge in [0, 0.05) is 11.3 Å². The van der Waals surface area contributed by atoms with Gasteiger partial charge in [0.25, 0.3) is 0 Å². The van der Waals surface area contributed by atoms with Crippen molar-refractivity contribution < 1.29 is 25.5 Å². The van der Waals surface area contributed by atoms with Crippen molar-refractivity contribution in [1.82, 2.24) is 0 Å². The molecule has 0 atom stereocenters. The monoisotopic (exact) mass is 942 g/mol. The van der Waals surface area contributed by atoms with Crippen molar-refractivity contribution in [3.05, 3.63) is 22.3 Å². The van der Waals surface area contributed by atoms with E-state index in [1.807, 2.05) is 0 Å². The van der Waals surface area contributed by atoms with Crippen LogP contribution in [0.1, 0.15) is 28.2 Å². The summed E-state index contributed by atoms with van der Waals surface area (Å²) in [6.45, 7) is 3.56. The van der Waals surface area contributed by atoms with E-state index in [4.69, 9.17) is 3.87 Å². The highest BCUT2D eigenvalue weighted by Crippen LogP contribution is 2.84. The lowest BCUT2D eigenvalue weighted by Gasteiger charge is -2.48. The molecule has 32 rings (SSSR count). The molecule has 28 aromatic rings. The minimum Gasteiger partial charge on any atom is -0.308 e. The van der Waals surface area contributed by atoms with Gasteiger partial charge in [0.15, 0.2) is 0 Å².